The molecule has 0 aliphatic carbocycles. The molecule has 0 bridgehead atoms. The van der Waals surface area contributed by atoms with E-state index in [1.54, 1.807) is 0 Å². The summed E-state index contributed by atoms with van der Waals surface area (Å²) in [6, 6.07) is 3.98. The second-order valence-electron chi connectivity index (χ2n) is 4.55. The molecule has 1 aromatic carbocycles. The summed E-state index contributed by atoms with van der Waals surface area (Å²) in [7, 11) is 3.80. The molecule has 0 saturated carbocycles. The van der Waals surface area contributed by atoms with E-state index in [1.807, 2.05) is 25.9 Å². The molecular weight excluding hydrogens is 248 g/mol. The second kappa shape index (κ2) is 6.14. The number of likely N-dealkylation sites (N-methyl/N-ethyl adjacent to an activating group) is 1. The van der Waals surface area contributed by atoms with Crippen LogP contribution >= 0.6 is 0 Å². The average molecular weight is 266 g/mol. The smallest absolute Gasteiger partial charge is 0.270 e. The SMILES string of the molecule is CC(CNC(=O)c1cc([N+](=O)[O-])ccc1N)N(C)C. The Hall–Kier alpha value is -2.15. The van der Waals surface area contributed by atoms with E-state index in [4.69, 9.17) is 5.73 Å². The number of anilines is 1. The Morgan fingerprint density at radius 1 is 1.53 bits per heavy atom. The van der Waals surface area contributed by atoms with Gasteiger partial charge in [-0.3, -0.25) is 14.9 Å². The van der Waals surface area contributed by atoms with Gasteiger partial charge >= 0.3 is 0 Å². The molecular formula is C12H18N4O3. The lowest BCUT2D eigenvalue weighted by Crippen LogP contribution is -2.38. The van der Waals surface area contributed by atoms with Crippen LogP contribution in [0.4, 0.5) is 11.4 Å². The van der Waals surface area contributed by atoms with Crippen molar-refractivity contribution in [1.29, 1.82) is 0 Å². The van der Waals surface area contributed by atoms with Gasteiger partial charge in [0.15, 0.2) is 0 Å². The van der Waals surface area contributed by atoms with Crippen LogP contribution in [0.15, 0.2) is 18.2 Å². The van der Waals surface area contributed by atoms with E-state index in [2.05, 4.69) is 5.32 Å². The minimum absolute atomic E-state index is 0.125. The largest absolute Gasteiger partial charge is 0.398 e. The highest BCUT2D eigenvalue weighted by Gasteiger charge is 2.16. The van der Waals surface area contributed by atoms with Crippen molar-refractivity contribution in [1.82, 2.24) is 10.2 Å². The molecule has 0 saturated heterocycles. The number of rotatable bonds is 5. The number of nitro groups is 1. The second-order valence-corrected chi connectivity index (χ2v) is 4.55. The quantitative estimate of drug-likeness (QED) is 0.467. The molecule has 1 amide bonds. The van der Waals surface area contributed by atoms with Crippen LogP contribution in [0.5, 0.6) is 0 Å². The van der Waals surface area contributed by atoms with Gasteiger partial charge in [-0.25, -0.2) is 0 Å². The molecule has 7 nitrogen and oxygen atoms in total. The lowest BCUT2D eigenvalue weighted by molar-refractivity contribution is -0.384. The fraction of sp³-hybridized carbons (Fsp3) is 0.417. The molecule has 3 N–H and O–H groups in total. The Morgan fingerprint density at radius 3 is 2.68 bits per heavy atom. The molecule has 0 spiro atoms. The molecule has 7 heteroatoms. The van der Waals surface area contributed by atoms with Gasteiger partial charge in [-0.05, 0) is 27.1 Å². The van der Waals surface area contributed by atoms with Gasteiger partial charge < -0.3 is 16.0 Å². The molecule has 1 rings (SSSR count). The molecule has 0 heterocycles. The van der Waals surface area contributed by atoms with Gasteiger partial charge in [0.2, 0.25) is 0 Å². The number of carbonyl (C=O) groups is 1. The summed E-state index contributed by atoms with van der Waals surface area (Å²) in [6.45, 7) is 2.39. The number of nitrogens with one attached hydrogen (secondary N) is 1. The van der Waals surface area contributed by atoms with Crippen LogP contribution in [0.2, 0.25) is 0 Å². The van der Waals surface area contributed by atoms with Gasteiger partial charge in [0.1, 0.15) is 0 Å². The molecule has 104 valence electrons. The predicted molar refractivity (Wildman–Crippen MR) is 73.0 cm³/mol. The van der Waals surface area contributed by atoms with Crippen molar-refractivity contribution < 1.29 is 9.72 Å². The number of nitrogen functional groups attached to an aromatic ring is 1. The van der Waals surface area contributed by atoms with Gasteiger partial charge in [0, 0.05) is 30.4 Å². The maximum atomic E-state index is 11.9. The van der Waals surface area contributed by atoms with Gasteiger partial charge in [-0.15, -0.1) is 0 Å². The van der Waals surface area contributed by atoms with Gasteiger partial charge in [0.05, 0.1) is 10.5 Å². The van der Waals surface area contributed by atoms with Crippen molar-refractivity contribution in [2.24, 2.45) is 0 Å². The first kappa shape index (κ1) is 14.9. The zero-order valence-electron chi connectivity index (χ0n) is 11.2. The summed E-state index contributed by atoms with van der Waals surface area (Å²) < 4.78 is 0. The number of benzene rings is 1. The minimum atomic E-state index is -0.557. The number of hydrogen-bond donors (Lipinski definition) is 2. The topological polar surface area (TPSA) is 101 Å². The zero-order chi connectivity index (χ0) is 14.6. The predicted octanol–water partition coefficient (Wildman–Crippen LogP) is 0.857. The first-order valence-electron chi connectivity index (χ1n) is 5.81. The summed E-state index contributed by atoms with van der Waals surface area (Å²) in [6.07, 6.45) is 0. The highest BCUT2D eigenvalue weighted by Crippen LogP contribution is 2.19. The fourth-order valence-corrected chi connectivity index (χ4v) is 1.37. The number of amides is 1. The third-order valence-electron chi connectivity index (χ3n) is 2.93. The zero-order valence-corrected chi connectivity index (χ0v) is 11.2. The standard InChI is InChI=1S/C12H18N4O3/c1-8(15(2)3)7-14-12(17)10-6-9(16(18)19)4-5-11(10)13/h4-6,8H,7,13H2,1-3H3,(H,14,17). The number of carbonyl (C=O) groups excluding carboxylic acids is 1. The molecule has 1 unspecified atom stereocenters. The fourth-order valence-electron chi connectivity index (χ4n) is 1.37. The van der Waals surface area contributed by atoms with E-state index in [9.17, 15) is 14.9 Å². The highest BCUT2D eigenvalue weighted by molar-refractivity contribution is 5.99. The normalized spacial score (nSPS) is 12.2. The molecule has 19 heavy (non-hydrogen) atoms. The molecule has 0 aliphatic heterocycles. The lowest BCUT2D eigenvalue weighted by Gasteiger charge is -2.20. The van der Waals surface area contributed by atoms with Crippen LogP contribution in [0, 0.1) is 10.1 Å². The molecule has 0 aromatic heterocycles. The van der Waals surface area contributed by atoms with Crippen LogP contribution in [-0.4, -0.2) is 42.4 Å². The van der Waals surface area contributed by atoms with Crippen molar-refractivity contribution in [2.45, 2.75) is 13.0 Å². The Kier molecular flexibility index (Phi) is 4.82. The number of nitro benzene ring substituents is 1. The lowest BCUT2D eigenvalue weighted by atomic mass is 10.1. The summed E-state index contributed by atoms with van der Waals surface area (Å²) in [5, 5.41) is 13.4. The molecule has 0 fully saturated rings. The third kappa shape index (κ3) is 3.92. The van der Waals surface area contributed by atoms with E-state index in [-0.39, 0.29) is 23.0 Å². The summed E-state index contributed by atoms with van der Waals surface area (Å²) in [5.41, 5.74) is 5.86. The molecule has 0 radical (unpaired) electrons. The third-order valence-corrected chi connectivity index (χ3v) is 2.93. The first-order valence-corrected chi connectivity index (χ1v) is 5.81. The van der Waals surface area contributed by atoms with Crippen LogP contribution in [0.1, 0.15) is 17.3 Å². The summed E-state index contributed by atoms with van der Waals surface area (Å²) in [5.74, 6) is -0.407. The number of nitrogens with zero attached hydrogens (tertiary/aromatic N) is 2. The van der Waals surface area contributed by atoms with Crippen LogP contribution in [0.3, 0.4) is 0 Å². The minimum Gasteiger partial charge on any atom is -0.398 e. The van der Waals surface area contributed by atoms with E-state index < -0.39 is 10.8 Å². The molecule has 0 aliphatic rings. The van der Waals surface area contributed by atoms with E-state index >= 15 is 0 Å². The Morgan fingerprint density at radius 2 is 2.16 bits per heavy atom. The van der Waals surface area contributed by atoms with Crippen LogP contribution in [0.25, 0.3) is 0 Å². The van der Waals surface area contributed by atoms with E-state index in [0.717, 1.165) is 0 Å². The van der Waals surface area contributed by atoms with Crippen molar-refractivity contribution >= 4 is 17.3 Å². The molecule has 1 atom stereocenters. The number of non-ortho nitro benzene ring substituents is 1. The Labute approximate surface area is 111 Å². The summed E-state index contributed by atoms with van der Waals surface area (Å²) in [4.78, 5) is 24.0. The number of nitrogens with two attached hydrogens (primary N) is 1. The average Bonchev–Trinajstić information content (AvgIpc) is 2.35. The van der Waals surface area contributed by atoms with Crippen LogP contribution < -0.4 is 11.1 Å². The van der Waals surface area contributed by atoms with E-state index in [1.165, 1.54) is 18.2 Å². The maximum absolute atomic E-state index is 11.9. The number of hydrogen-bond acceptors (Lipinski definition) is 5. The highest BCUT2D eigenvalue weighted by atomic mass is 16.6. The summed E-state index contributed by atoms with van der Waals surface area (Å²) >= 11 is 0. The van der Waals surface area contributed by atoms with Crippen molar-refractivity contribution in [3.63, 3.8) is 0 Å². The maximum Gasteiger partial charge on any atom is 0.270 e. The van der Waals surface area contributed by atoms with Crippen molar-refractivity contribution in [3.05, 3.63) is 33.9 Å². The molecule has 1 aromatic rings. The monoisotopic (exact) mass is 266 g/mol. The first-order chi connectivity index (χ1) is 8.82. The Bertz CT molecular complexity index is 488. The van der Waals surface area contributed by atoms with Gasteiger partial charge in [-0.2, -0.15) is 0 Å². The van der Waals surface area contributed by atoms with Gasteiger partial charge in [-0.1, -0.05) is 0 Å². The van der Waals surface area contributed by atoms with Crippen LogP contribution in [-0.2, 0) is 0 Å². The van der Waals surface area contributed by atoms with E-state index in [0.29, 0.717) is 6.54 Å². The van der Waals surface area contributed by atoms with Crippen molar-refractivity contribution in [3.8, 4) is 0 Å². The van der Waals surface area contributed by atoms with Crippen molar-refractivity contribution in [2.75, 3.05) is 26.4 Å². The van der Waals surface area contributed by atoms with Gasteiger partial charge in [0.25, 0.3) is 11.6 Å². The Balaban J connectivity index is 2.82.